The fourth-order valence-electron chi connectivity index (χ4n) is 2.39. The van der Waals surface area contributed by atoms with Crippen molar-refractivity contribution >= 4 is 38.9 Å². The van der Waals surface area contributed by atoms with Crippen LogP contribution < -0.4 is 0 Å². The molecule has 1 fully saturated rings. The third kappa shape index (κ3) is 2.27. The van der Waals surface area contributed by atoms with E-state index in [9.17, 15) is 0 Å². The van der Waals surface area contributed by atoms with E-state index in [1.165, 1.54) is 36.1 Å². The first kappa shape index (κ1) is 11.9. The summed E-state index contributed by atoms with van der Waals surface area (Å²) < 4.78 is 0.941. The van der Waals surface area contributed by atoms with Gasteiger partial charge in [-0.25, -0.2) is 0 Å². The molecule has 0 bridgehead atoms. The van der Waals surface area contributed by atoms with Crippen molar-refractivity contribution in [1.82, 2.24) is 0 Å². The molecular weight excluding hydrogens is 292 g/mol. The molecule has 1 saturated carbocycles. The molecule has 3 heteroatoms. The van der Waals surface area contributed by atoms with Gasteiger partial charge in [0.25, 0.3) is 0 Å². The van der Waals surface area contributed by atoms with Crippen molar-refractivity contribution in [2.45, 2.75) is 44.4 Å². The van der Waals surface area contributed by atoms with E-state index in [0.717, 1.165) is 4.34 Å². The number of rotatable bonds is 2. The highest BCUT2D eigenvalue weighted by atomic mass is 79.9. The lowest BCUT2D eigenvalue weighted by Crippen LogP contribution is -2.16. The number of hydrogen-bond acceptors (Lipinski definition) is 1. The maximum atomic E-state index is 6.12. The minimum atomic E-state index is 0.431. The van der Waals surface area contributed by atoms with Gasteiger partial charge in [0.15, 0.2) is 0 Å². The first-order valence-corrected chi connectivity index (χ1v) is 7.54. The fraction of sp³-hybridized carbons (Fsp3) is 0.667. The molecule has 15 heavy (non-hydrogen) atoms. The van der Waals surface area contributed by atoms with Gasteiger partial charge in [-0.05, 0) is 36.8 Å². The van der Waals surface area contributed by atoms with Crippen LogP contribution in [-0.2, 0) is 0 Å². The quantitative estimate of drug-likeness (QED) is 0.612. The van der Waals surface area contributed by atoms with Crippen LogP contribution in [0.4, 0.5) is 0 Å². The minimum absolute atomic E-state index is 0.431. The van der Waals surface area contributed by atoms with Crippen LogP contribution in [-0.4, -0.2) is 0 Å². The zero-order valence-electron chi connectivity index (χ0n) is 9.15. The molecule has 0 N–H and O–H groups in total. The van der Waals surface area contributed by atoms with Crippen molar-refractivity contribution in [2.75, 3.05) is 0 Å². The van der Waals surface area contributed by atoms with Crippen LogP contribution in [0.15, 0.2) is 6.07 Å². The molecule has 1 unspecified atom stereocenters. The van der Waals surface area contributed by atoms with Crippen LogP contribution in [0.1, 0.15) is 47.9 Å². The number of alkyl halides is 1. The maximum Gasteiger partial charge on any atom is 0.0960 e. The average molecular weight is 308 g/mol. The van der Waals surface area contributed by atoms with Crippen molar-refractivity contribution in [3.05, 3.63) is 20.8 Å². The summed E-state index contributed by atoms with van der Waals surface area (Å²) in [5.41, 5.74) is 1.64. The normalized spacial score (nSPS) is 21.9. The van der Waals surface area contributed by atoms with E-state index in [0.29, 0.717) is 10.2 Å². The lowest BCUT2D eigenvalue weighted by Gasteiger charge is -2.29. The minimum Gasteiger partial charge on any atom is -0.127 e. The van der Waals surface area contributed by atoms with E-state index in [2.05, 4.69) is 35.8 Å². The number of thiophene rings is 1. The van der Waals surface area contributed by atoms with Gasteiger partial charge in [0.05, 0.1) is 9.16 Å². The first-order valence-electron chi connectivity index (χ1n) is 5.43. The Labute approximate surface area is 109 Å². The van der Waals surface area contributed by atoms with E-state index in [4.69, 9.17) is 11.6 Å². The molecule has 0 saturated heterocycles. The molecule has 2 rings (SSSR count). The Bertz CT molecular complexity index is 333. The van der Waals surface area contributed by atoms with E-state index < -0.39 is 0 Å². The Morgan fingerprint density at radius 1 is 1.47 bits per heavy atom. The average Bonchev–Trinajstić information content (AvgIpc) is 2.75. The van der Waals surface area contributed by atoms with E-state index in [-0.39, 0.29) is 0 Å². The molecule has 1 aromatic rings. The van der Waals surface area contributed by atoms with E-state index >= 15 is 0 Å². The van der Waals surface area contributed by atoms with Gasteiger partial charge in [-0.1, -0.05) is 47.3 Å². The van der Waals surface area contributed by atoms with Crippen LogP contribution in [0.2, 0.25) is 4.34 Å². The molecule has 0 spiro atoms. The lowest BCUT2D eigenvalue weighted by atomic mass is 9.84. The summed E-state index contributed by atoms with van der Waals surface area (Å²) in [5.74, 6) is 0. The molecule has 1 aliphatic rings. The number of hydrogen-bond donors (Lipinski definition) is 0. The van der Waals surface area contributed by atoms with Gasteiger partial charge in [0.2, 0.25) is 0 Å². The zero-order valence-corrected chi connectivity index (χ0v) is 12.3. The summed E-state index contributed by atoms with van der Waals surface area (Å²) in [4.78, 5) is 1.87. The molecule has 84 valence electrons. The predicted molar refractivity (Wildman–Crippen MR) is 72.3 cm³/mol. The summed E-state index contributed by atoms with van der Waals surface area (Å²) in [7, 11) is 0. The SMILES string of the molecule is Cc1cc(C(Br)C2(C)CCCC2)sc1Cl. The van der Waals surface area contributed by atoms with Gasteiger partial charge in [-0.3, -0.25) is 0 Å². The third-order valence-corrected chi connectivity index (χ3v) is 7.01. The number of aryl methyl sites for hydroxylation is 1. The molecule has 1 heterocycles. The molecule has 1 atom stereocenters. The Kier molecular flexibility index (Phi) is 3.49. The van der Waals surface area contributed by atoms with Crippen LogP contribution in [0.25, 0.3) is 0 Å². The monoisotopic (exact) mass is 306 g/mol. The van der Waals surface area contributed by atoms with Gasteiger partial charge in [0.1, 0.15) is 0 Å². The summed E-state index contributed by atoms with van der Waals surface area (Å²) in [6, 6.07) is 2.23. The standard InChI is InChI=1S/C12H16BrClS/c1-8-7-9(15-11(8)14)10(13)12(2)5-3-4-6-12/h7,10H,3-6H2,1-2H3. The van der Waals surface area contributed by atoms with E-state index in [1.54, 1.807) is 11.3 Å². The lowest BCUT2D eigenvalue weighted by molar-refractivity contribution is 0.334. The van der Waals surface area contributed by atoms with Crippen LogP contribution in [0, 0.1) is 12.3 Å². The molecule has 0 nitrogen and oxygen atoms in total. The summed E-state index contributed by atoms with van der Waals surface area (Å²) in [6.07, 6.45) is 5.41. The second-order valence-electron chi connectivity index (χ2n) is 4.83. The molecule has 1 aromatic heterocycles. The Morgan fingerprint density at radius 3 is 2.53 bits per heavy atom. The van der Waals surface area contributed by atoms with Crippen LogP contribution >= 0.6 is 38.9 Å². The van der Waals surface area contributed by atoms with Crippen LogP contribution in [0.5, 0.6) is 0 Å². The highest BCUT2D eigenvalue weighted by Crippen LogP contribution is 2.53. The number of halogens is 2. The smallest absolute Gasteiger partial charge is 0.0960 e. The van der Waals surface area contributed by atoms with Gasteiger partial charge in [0, 0.05) is 4.88 Å². The Morgan fingerprint density at radius 2 is 2.07 bits per heavy atom. The highest BCUT2D eigenvalue weighted by molar-refractivity contribution is 9.09. The van der Waals surface area contributed by atoms with Gasteiger partial charge in [-0.2, -0.15) is 0 Å². The fourth-order valence-corrected chi connectivity index (χ4v) is 4.63. The van der Waals surface area contributed by atoms with E-state index in [1.807, 2.05) is 0 Å². The second-order valence-corrected chi connectivity index (χ2v) is 7.43. The highest BCUT2D eigenvalue weighted by Gasteiger charge is 2.37. The Hall–Kier alpha value is 0.470. The predicted octanol–water partition coefficient (Wildman–Crippen LogP) is 5.73. The topological polar surface area (TPSA) is 0 Å². The summed E-state index contributed by atoms with van der Waals surface area (Å²) in [5, 5.41) is 0. The summed E-state index contributed by atoms with van der Waals surface area (Å²) in [6.45, 7) is 4.47. The van der Waals surface area contributed by atoms with Crippen molar-refractivity contribution in [2.24, 2.45) is 5.41 Å². The maximum absolute atomic E-state index is 6.12. The van der Waals surface area contributed by atoms with Crippen molar-refractivity contribution in [3.63, 3.8) is 0 Å². The van der Waals surface area contributed by atoms with Crippen molar-refractivity contribution in [3.8, 4) is 0 Å². The first-order chi connectivity index (χ1) is 7.03. The molecule has 1 aliphatic carbocycles. The van der Waals surface area contributed by atoms with Gasteiger partial charge >= 0.3 is 0 Å². The van der Waals surface area contributed by atoms with Crippen molar-refractivity contribution < 1.29 is 0 Å². The zero-order chi connectivity index (χ0) is 11.1. The molecule has 0 aromatic carbocycles. The molecule has 0 amide bonds. The van der Waals surface area contributed by atoms with Gasteiger partial charge in [-0.15, -0.1) is 11.3 Å². The third-order valence-electron chi connectivity index (χ3n) is 3.48. The molecular formula is C12H16BrClS. The summed E-state index contributed by atoms with van der Waals surface area (Å²) >= 11 is 11.7. The van der Waals surface area contributed by atoms with Crippen LogP contribution in [0.3, 0.4) is 0 Å². The molecule has 0 aliphatic heterocycles. The van der Waals surface area contributed by atoms with Gasteiger partial charge < -0.3 is 0 Å². The second kappa shape index (κ2) is 4.38. The molecule has 0 radical (unpaired) electrons. The van der Waals surface area contributed by atoms with Crippen molar-refractivity contribution in [1.29, 1.82) is 0 Å². The Balaban J connectivity index is 2.23. The largest absolute Gasteiger partial charge is 0.127 e.